The lowest BCUT2D eigenvalue weighted by Gasteiger charge is -2.22. The lowest BCUT2D eigenvalue weighted by atomic mass is 10.0. The minimum atomic E-state index is -0.674. The van der Waals surface area contributed by atoms with E-state index in [2.05, 4.69) is 43.5 Å². The van der Waals surface area contributed by atoms with Crippen molar-refractivity contribution < 1.29 is 24.5 Å². The first-order valence-corrected chi connectivity index (χ1v) is 22.1. The Bertz CT molecular complexity index is 797. The zero-order valence-corrected chi connectivity index (χ0v) is 33.8. The van der Waals surface area contributed by atoms with Gasteiger partial charge in [-0.1, -0.05) is 186 Å². The Balaban J connectivity index is 3.48. The van der Waals surface area contributed by atoms with E-state index in [1.54, 1.807) is 0 Å². The second kappa shape index (κ2) is 41.1. The summed E-state index contributed by atoms with van der Waals surface area (Å²) in [4.78, 5) is 24.3. The molecule has 0 rings (SSSR count). The fourth-order valence-corrected chi connectivity index (χ4v) is 6.56. The van der Waals surface area contributed by atoms with Crippen LogP contribution in [0.5, 0.6) is 0 Å². The smallest absolute Gasteiger partial charge is 0.305 e. The molecule has 0 aliphatic heterocycles. The normalized spacial score (nSPS) is 12.9. The van der Waals surface area contributed by atoms with Gasteiger partial charge in [0.25, 0.3) is 0 Å². The van der Waals surface area contributed by atoms with Crippen molar-refractivity contribution >= 4 is 11.9 Å². The van der Waals surface area contributed by atoms with Crippen molar-refractivity contribution in [2.45, 2.75) is 238 Å². The monoisotopic (exact) mass is 720 g/mol. The van der Waals surface area contributed by atoms with Gasteiger partial charge in [-0.15, -0.1) is 0 Å². The Hall–Kier alpha value is -1.66. The summed E-state index contributed by atoms with van der Waals surface area (Å²) in [5.74, 6) is -0.0878. The van der Waals surface area contributed by atoms with E-state index in [1.165, 1.54) is 122 Å². The Morgan fingerprint density at radius 2 is 1.02 bits per heavy atom. The fraction of sp³-hybridized carbons (Fsp3) is 0.867. The largest absolute Gasteiger partial charge is 0.466 e. The molecule has 0 aliphatic carbocycles. The average molecular weight is 720 g/mol. The summed E-state index contributed by atoms with van der Waals surface area (Å²) in [7, 11) is 0. The lowest BCUT2D eigenvalue weighted by Crippen LogP contribution is -2.45. The maximum atomic E-state index is 12.4. The maximum absolute atomic E-state index is 12.4. The van der Waals surface area contributed by atoms with E-state index in [0.717, 1.165) is 70.6 Å². The number of aliphatic hydroxyl groups excluding tert-OH is 2. The van der Waals surface area contributed by atoms with Gasteiger partial charge >= 0.3 is 5.97 Å². The number of hydrogen-bond donors (Lipinski definition) is 3. The zero-order valence-electron chi connectivity index (χ0n) is 33.8. The van der Waals surface area contributed by atoms with Crippen LogP contribution in [0.25, 0.3) is 0 Å². The molecular weight excluding hydrogens is 634 g/mol. The molecule has 6 nitrogen and oxygen atoms in total. The second-order valence-electron chi connectivity index (χ2n) is 15.0. The number of nitrogens with one attached hydrogen (secondary N) is 1. The molecular formula is C45H85NO5. The highest BCUT2D eigenvalue weighted by Crippen LogP contribution is 2.15. The number of hydrogen-bond acceptors (Lipinski definition) is 5. The van der Waals surface area contributed by atoms with Crippen LogP contribution in [-0.4, -0.2) is 47.4 Å². The first kappa shape index (κ1) is 49.3. The number of allylic oxidation sites excluding steroid dienone is 4. The molecule has 0 aromatic carbocycles. The summed E-state index contributed by atoms with van der Waals surface area (Å²) >= 11 is 0. The summed E-state index contributed by atoms with van der Waals surface area (Å²) < 4.78 is 5.43. The van der Waals surface area contributed by atoms with E-state index in [0.29, 0.717) is 25.9 Å². The van der Waals surface area contributed by atoms with Gasteiger partial charge in [-0.05, 0) is 51.4 Å². The Morgan fingerprint density at radius 1 is 0.549 bits per heavy atom. The minimum absolute atomic E-state index is 0.0299. The molecule has 51 heavy (non-hydrogen) atoms. The third-order valence-electron chi connectivity index (χ3n) is 9.98. The minimum Gasteiger partial charge on any atom is -0.466 e. The molecule has 0 heterocycles. The van der Waals surface area contributed by atoms with Crippen molar-refractivity contribution in [3.63, 3.8) is 0 Å². The standard InChI is InChI=1S/C45H85NO5/c1-3-5-7-9-11-13-15-16-19-23-27-31-35-39-45(50)51-40-36-32-28-24-20-17-18-22-26-30-34-38-44(49)46-42(41-47)43(48)37-33-29-25-21-14-12-10-8-6-4-2/h7,9,13,15,42-43,47-48H,3-6,8,10-12,14,16-41H2,1-2H3,(H,46,49)/b9-7-,15-13-. The molecule has 0 spiro atoms. The SMILES string of the molecule is CCC/C=C\C/C=C\CCCCCCCC(=O)OCCCCCCCCCCCCCC(=O)NC(CO)C(O)CCCCCCCCCCCC. The predicted octanol–water partition coefficient (Wildman–Crippen LogP) is 12.4. The molecule has 0 bridgehead atoms. The number of rotatable bonds is 40. The fourth-order valence-electron chi connectivity index (χ4n) is 6.56. The third kappa shape index (κ3) is 37.9. The molecule has 300 valence electrons. The summed E-state index contributed by atoms with van der Waals surface area (Å²) in [6.45, 7) is 4.81. The zero-order chi connectivity index (χ0) is 37.3. The van der Waals surface area contributed by atoms with Crippen LogP contribution in [0.3, 0.4) is 0 Å². The van der Waals surface area contributed by atoms with E-state index in [-0.39, 0.29) is 18.5 Å². The van der Waals surface area contributed by atoms with Crippen LogP contribution in [-0.2, 0) is 14.3 Å². The van der Waals surface area contributed by atoms with Gasteiger partial charge in [-0.25, -0.2) is 0 Å². The first-order valence-electron chi connectivity index (χ1n) is 22.1. The molecule has 3 N–H and O–H groups in total. The van der Waals surface area contributed by atoms with E-state index in [9.17, 15) is 19.8 Å². The maximum Gasteiger partial charge on any atom is 0.305 e. The van der Waals surface area contributed by atoms with Gasteiger partial charge in [0.2, 0.25) is 5.91 Å². The quantitative estimate of drug-likeness (QED) is 0.0333. The topological polar surface area (TPSA) is 95.9 Å². The van der Waals surface area contributed by atoms with Gasteiger partial charge in [0.1, 0.15) is 0 Å². The van der Waals surface area contributed by atoms with E-state index >= 15 is 0 Å². The van der Waals surface area contributed by atoms with Crippen LogP contribution in [0.2, 0.25) is 0 Å². The van der Waals surface area contributed by atoms with Crippen LogP contribution >= 0.6 is 0 Å². The van der Waals surface area contributed by atoms with Gasteiger partial charge in [0.15, 0.2) is 0 Å². The molecule has 6 heteroatoms. The highest BCUT2D eigenvalue weighted by atomic mass is 16.5. The number of carbonyl (C=O) groups is 2. The number of aliphatic hydroxyl groups is 2. The second-order valence-corrected chi connectivity index (χ2v) is 15.0. The summed E-state index contributed by atoms with van der Waals surface area (Å²) in [5.41, 5.74) is 0. The van der Waals surface area contributed by atoms with Crippen LogP contribution < -0.4 is 5.32 Å². The Kier molecular flexibility index (Phi) is 39.8. The van der Waals surface area contributed by atoms with Gasteiger partial charge < -0.3 is 20.3 Å². The molecule has 2 atom stereocenters. The average Bonchev–Trinajstić information content (AvgIpc) is 3.13. The van der Waals surface area contributed by atoms with Crippen LogP contribution in [0.1, 0.15) is 226 Å². The molecule has 0 saturated carbocycles. The summed E-state index contributed by atoms with van der Waals surface area (Å²) in [5, 5.41) is 23.0. The van der Waals surface area contributed by atoms with Crippen molar-refractivity contribution in [3.05, 3.63) is 24.3 Å². The molecule has 0 aliphatic rings. The van der Waals surface area contributed by atoms with Crippen molar-refractivity contribution in [1.29, 1.82) is 0 Å². The van der Waals surface area contributed by atoms with Crippen LogP contribution in [0.4, 0.5) is 0 Å². The van der Waals surface area contributed by atoms with Crippen molar-refractivity contribution in [1.82, 2.24) is 5.32 Å². The summed E-state index contributed by atoms with van der Waals surface area (Å²) in [6, 6.07) is -0.554. The molecule has 0 aromatic rings. The van der Waals surface area contributed by atoms with Crippen LogP contribution in [0.15, 0.2) is 24.3 Å². The molecule has 0 aromatic heterocycles. The Labute approximate surface area is 316 Å². The summed E-state index contributed by atoms with van der Waals surface area (Å²) in [6.07, 6.45) is 45.5. The van der Waals surface area contributed by atoms with Crippen LogP contribution in [0, 0.1) is 0 Å². The van der Waals surface area contributed by atoms with E-state index in [4.69, 9.17) is 4.74 Å². The number of esters is 1. The number of unbranched alkanes of at least 4 members (excludes halogenated alkanes) is 25. The van der Waals surface area contributed by atoms with E-state index in [1.807, 2.05) is 0 Å². The predicted molar refractivity (Wildman–Crippen MR) is 218 cm³/mol. The van der Waals surface area contributed by atoms with Crippen molar-refractivity contribution in [3.8, 4) is 0 Å². The lowest BCUT2D eigenvalue weighted by molar-refractivity contribution is -0.143. The number of ether oxygens (including phenoxy) is 1. The highest BCUT2D eigenvalue weighted by molar-refractivity contribution is 5.76. The molecule has 1 amide bonds. The number of amides is 1. The van der Waals surface area contributed by atoms with Gasteiger partial charge in [-0.3, -0.25) is 9.59 Å². The molecule has 0 saturated heterocycles. The van der Waals surface area contributed by atoms with Gasteiger partial charge in [0, 0.05) is 12.8 Å². The van der Waals surface area contributed by atoms with Crippen molar-refractivity contribution in [2.24, 2.45) is 0 Å². The first-order chi connectivity index (χ1) is 25.0. The number of carbonyl (C=O) groups excluding carboxylic acids is 2. The Morgan fingerprint density at radius 3 is 1.57 bits per heavy atom. The highest BCUT2D eigenvalue weighted by Gasteiger charge is 2.20. The van der Waals surface area contributed by atoms with Gasteiger partial charge in [0.05, 0.1) is 25.4 Å². The molecule has 2 unspecified atom stereocenters. The van der Waals surface area contributed by atoms with Gasteiger partial charge in [-0.2, -0.15) is 0 Å². The molecule has 0 radical (unpaired) electrons. The third-order valence-corrected chi connectivity index (χ3v) is 9.98. The van der Waals surface area contributed by atoms with Crippen molar-refractivity contribution in [2.75, 3.05) is 13.2 Å². The van der Waals surface area contributed by atoms with E-state index < -0.39 is 12.1 Å². The molecule has 0 fully saturated rings.